The number of hydrogen-bond acceptors (Lipinski definition) is 5. The maximum atomic E-state index is 14.1. The predicted molar refractivity (Wildman–Crippen MR) is 155 cm³/mol. The lowest BCUT2D eigenvalue weighted by molar-refractivity contribution is -0.125. The monoisotopic (exact) mass is 581 g/mol. The maximum Gasteiger partial charge on any atom is 0.255 e. The van der Waals surface area contributed by atoms with Gasteiger partial charge in [-0.1, -0.05) is 60.3 Å². The second kappa shape index (κ2) is 12.2. The van der Waals surface area contributed by atoms with Crippen molar-refractivity contribution >= 4 is 35.0 Å². The molecule has 1 fully saturated rings. The Morgan fingerprint density at radius 2 is 1.88 bits per heavy atom. The molecule has 5 rings (SSSR count). The van der Waals surface area contributed by atoms with Crippen LogP contribution in [0.15, 0.2) is 54.6 Å². The zero-order valence-corrected chi connectivity index (χ0v) is 24.1. The molecule has 1 aliphatic heterocycles. The zero-order valence-electron chi connectivity index (χ0n) is 22.6. The van der Waals surface area contributed by atoms with Gasteiger partial charge in [0.05, 0.1) is 31.2 Å². The summed E-state index contributed by atoms with van der Waals surface area (Å²) in [5.41, 5.74) is 3.56. The van der Waals surface area contributed by atoms with Crippen molar-refractivity contribution in [2.45, 2.75) is 63.1 Å². The Morgan fingerprint density at radius 3 is 2.62 bits per heavy atom. The number of benzene rings is 2. The van der Waals surface area contributed by atoms with Gasteiger partial charge in [0, 0.05) is 33.9 Å². The molecule has 1 aliphatic carbocycles. The van der Waals surface area contributed by atoms with Gasteiger partial charge >= 0.3 is 0 Å². The lowest BCUT2D eigenvalue weighted by Gasteiger charge is -2.48. The second-order valence-corrected chi connectivity index (χ2v) is 11.4. The third kappa shape index (κ3) is 5.69. The molecule has 0 bridgehead atoms. The standard InChI is InChI=1S/C31H33Cl2N3O4/c1-18-15-19(16-27(35-18)40-2)13-14-34-30(38)28-21-7-3-4-8-22(21)31(39)36(25-9-5-6-10-26(25)37)29(28)23-12-11-20(32)17-24(23)33/h3-4,7-8,11-12,15-17,25-26,28-29,37H,5-6,9-10,13-14H2,1-2H3,(H,34,38)/t25-,26-,28+,29-/m0/s1. The van der Waals surface area contributed by atoms with Gasteiger partial charge in [-0.3, -0.25) is 9.59 Å². The number of amides is 2. The molecule has 40 heavy (non-hydrogen) atoms. The highest BCUT2D eigenvalue weighted by Gasteiger charge is 2.48. The number of hydrogen-bond donors (Lipinski definition) is 2. The van der Waals surface area contributed by atoms with Crippen LogP contribution in [0.3, 0.4) is 0 Å². The van der Waals surface area contributed by atoms with Crippen molar-refractivity contribution in [3.05, 3.63) is 92.6 Å². The molecule has 7 nitrogen and oxygen atoms in total. The van der Waals surface area contributed by atoms with Gasteiger partial charge in [-0.2, -0.15) is 0 Å². The van der Waals surface area contributed by atoms with Crippen molar-refractivity contribution in [2.75, 3.05) is 13.7 Å². The summed E-state index contributed by atoms with van der Waals surface area (Å²) >= 11 is 13.0. The van der Waals surface area contributed by atoms with Gasteiger partial charge < -0.3 is 20.1 Å². The normalized spacial score (nSPS) is 22.5. The molecule has 9 heteroatoms. The number of nitrogens with zero attached hydrogens (tertiary/aromatic N) is 2. The van der Waals surface area contributed by atoms with Crippen molar-refractivity contribution in [3.63, 3.8) is 0 Å². The van der Waals surface area contributed by atoms with Gasteiger partial charge in [-0.15, -0.1) is 0 Å². The van der Waals surface area contributed by atoms with E-state index in [1.807, 2.05) is 31.2 Å². The van der Waals surface area contributed by atoms with Crippen LogP contribution in [-0.4, -0.2) is 52.6 Å². The van der Waals surface area contributed by atoms with Crippen LogP contribution in [0, 0.1) is 6.92 Å². The molecule has 0 unspecified atom stereocenters. The summed E-state index contributed by atoms with van der Waals surface area (Å²) in [6, 6.07) is 15.0. The Morgan fingerprint density at radius 1 is 1.10 bits per heavy atom. The van der Waals surface area contributed by atoms with Crippen LogP contribution in [0.4, 0.5) is 0 Å². The Kier molecular flexibility index (Phi) is 8.64. The summed E-state index contributed by atoms with van der Waals surface area (Å²) in [5.74, 6) is -0.638. The highest BCUT2D eigenvalue weighted by molar-refractivity contribution is 6.35. The number of fused-ring (bicyclic) bond motifs is 1. The molecular weight excluding hydrogens is 549 g/mol. The van der Waals surface area contributed by atoms with E-state index in [9.17, 15) is 14.7 Å². The van der Waals surface area contributed by atoms with Gasteiger partial charge in [0.2, 0.25) is 11.8 Å². The minimum atomic E-state index is -0.740. The molecule has 4 atom stereocenters. The smallest absolute Gasteiger partial charge is 0.255 e. The number of rotatable bonds is 7. The van der Waals surface area contributed by atoms with E-state index in [2.05, 4.69) is 10.3 Å². The molecule has 0 spiro atoms. The van der Waals surface area contributed by atoms with Gasteiger partial charge in [-0.25, -0.2) is 4.98 Å². The molecule has 1 saturated carbocycles. The second-order valence-electron chi connectivity index (χ2n) is 10.5. The molecule has 1 aromatic heterocycles. The number of halogens is 2. The molecule has 3 aromatic rings. The maximum absolute atomic E-state index is 14.1. The third-order valence-electron chi connectivity index (χ3n) is 7.90. The first kappa shape index (κ1) is 28.4. The number of aryl methyl sites for hydroxylation is 1. The first-order chi connectivity index (χ1) is 19.3. The quantitative estimate of drug-likeness (QED) is 0.376. The number of pyridine rings is 1. The summed E-state index contributed by atoms with van der Waals surface area (Å²) in [7, 11) is 1.58. The van der Waals surface area contributed by atoms with E-state index in [1.54, 1.807) is 42.3 Å². The number of aromatic nitrogens is 1. The summed E-state index contributed by atoms with van der Waals surface area (Å²) in [4.78, 5) is 34.2. The highest BCUT2D eigenvalue weighted by atomic mass is 35.5. The van der Waals surface area contributed by atoms with E-state index in [1.165, 1.54) is 0 Å². The fraction of sp³-hybridized carbons (Fsp3) is 0.387. The molecule has 2 N–H and O–H groups in total. The van der Waals surface area contributed by atoms with Crippen molar-refractivity contribution in [3.8, 4) is 5.88 Å². The van der Waals surface area contributed by atoms with Crippen molar-refractivity contribution in [1.82, 2.24) is 15.2 Å². The van der Waals surface area contributed by atoms with E-state index in [0.29, 0.717) is 58.4 Å². The molecule has 2 heterocycles. The number of nitrogens with one attached hydrogen (secondary N) is 1. The number of ether oxygens (including phenoxy) is 1. The van der Waals surface area contributed by atoms with Crippen LogP contribution in [0.25, 0.3) is 0 Å². The van der Waals surface area contributed by atoms with Gasteiger partial charge in [0.15, 0.2) is 0 Å². The van der Waals surface area contributed by atoms with Crippen molar-refractivity contribution in [2.24, 2.45) is 0 Å². The van der Waals surface area contributed by atoms with E-state index >= 15 is 0 Å². The number of carbonyl (C=O) groups is 2. The predicted octanol–water partition coefficient (Wildman–Crippen LogP) is 5.65. The van der Waals surface area contributed by atoms with E-state index < -0.39 is 24.1 Å². The van der Waals surface area contributed by atoms with Crippen molar-refractivity contribution in [1.29, 1.82) is 0 Å². The Balaban J connectivity index is 1.54. The molecule has 0 radical (unpaired) electrons. The molecule has 2 aromatic carbocycles. The van der Waals surface area contributed by atoms with Gasteiger partial charge in [0.25, 0.3) is 5.91 Å². The van der Waals surface area contributed by atoms with Crippen LogP contribution >= 0.6 is 23.2 Å². The molecule has 210 valence electrons. The Hall–Kier alpha value is -3.13. The largest absolute Gasteiger partial charge is 0.481 e. The summed E-state index contributed by atoms with van der Waals surface area (Å²) < 4.78 is 5.29. The van der Waals surface area contributed by atoms with E-state index in [4.69, 9.17) is 27.9 Å². The van der Waals surface area contributed by atoms with Crippen molar-refractivity contribution < 1.29 is 19.4 Å². The van der Waals surface area contributed by atoms with Gasteiger partial charge in [0.1, 0.15) is 0 Å². The molecule has 2 amide bonds. The summed E-state index contributed by atoms with van der Waals surface area (Å²) in [5, 5.41) is 15.0. The number of aliphatic hydroxyl groups excluding tert-OH is 1. The van der Waals surface area contributed by atoms with Crippen LogP contribution in [0.1, 0.15) is 70.4 Å². The molecular formula is C31H33Cl2N3O4. The van der Waals surface area contributed by atoms with Crippen LogP contribution < -0.4 is 10.1 Å². The molecule has 0 saturated heterocycles. The third-order valence-corrected chi connectivity index (χ3v) is 8.47. The van der Waals surface area contributed by atoms with Crippen LogP contribution in [0.2, 0.25) is 10.0 Å². The first-order valence-corrected chi connectivity index (χ1v) is 14.4. The zero-order chi connectivity index (χ0) is 28.4. The first-order valence-electron chi connectivity index (χ1n) is 13.6. The Labute approximate surface area is 244 Å². The van der Waals surface area contributed by atoms with E-state index in [0.717, 1.165) is 24.1 Å². The van der Waals surface area contributed by atoms with Crippen LogP contribution in [-0.2, 0) is 11.2 Å². The lowest BCUT2D eigenvalue weighted by atomic mass is 9.76. The Bertz CT molecular complexity index is 1420. The number of methoxy groups -OCH3 is 1. The fourth-order valence-electron chi connectivity index (χ4n) is 6.08. The minimum Gasteiger partial charge on any atom is -0.481 e. The summed E-state index contributed by atoms with van der Waals surface area (Å²) in [6.45, 7) is 2.28. The average molecular weight is 583 g/mol. The van der Waals surface area contributed by atoms with Crippen LogP contribution in [0.5, 0.6) is 5.88 Å². The average Bonchev–Trinajstić information content (AvgIpc) is 2.93. The molecule has 2 aliphatic rings. The fourth-order valence-corrected chi connectivity index (χ4v) is 6.60. The highest BCUT2D eigenvalue weighted by Crippen LogP contribution is 2.47. The minimum absolute atomic E-state index is 0.207. The lowest BCUT2D eigenvalue weighted by Crippen LogP contribution is -2.55. The number of aliphatic hydroxyl groups is 1. The summed E-state index contributed by atoms with van der Waals surface area (Å²) in [6.07, 6.45) is 2.92. The SMILES string of the molecule is COc1cc(CCNC(=O)[C@@H]2c3ccccc3C(=O)N([C@H]3CCCC[C@@H]3O)[C@H]2c2ccc(Cl)cc2Cl)cc(C)n1. The van der Waals surface area contributed by atoms with Gasteiger partial charge in [-0.05, 0) is 67.1 Å². The van der Waals surface area contributed by atoms with E-state index in [-0.39, 0.29) is 11.8 Å². The topological polar surface area (TPSA) is 91.8 Å². The number of carbonyl (C=O) groups excluding carboxylic acids is 2.